The van der Waals surface area contributed by atoms with E-state index in [4.69, 9.17) is 9.84 Å². The van der Waals surface area contributed by atoms with Gasteiger partial charge in [0.15, 0.2) is 6.61 Å². The van der Waals surface area contributed by atoms with E-state index in [-0.39, 0.29) is 6.61 Å². The third-order valence-electron chi connectivity index (χ3n) is 1.47. The summed E-state index contributed by atoms with van der Waals surface area (Å²) in [7, 11) is 0. The standard InChI is InChI=1S/C9H10O3S/c10-9(11)5-12-8-3-1-7(6-13)2-4-8/h1-4,13H,5-6H2,(H,10,11). The fourth-order valence-corrected chi connectivity index (χ4v) is 1.05. The predicted molar refractivity (Wildman–Crippen MR) is 52.3 cm³/mol. The molecule has 1 rings (SSSR count). The predicted octanol–water partition coefficient (Wildman–Crippen LogP) is 1.58. The first kappa shape index (κ1) is 9.92. The third kappa shape index (κ3) is 3.38. The molecule has 0 aliphatic heterocycles. The monoisotopic (exact) mass is 198 g/mol. The van der Waals surface area contributed by atoms with Crippen molar-refractivity contribution in [1.82, 2.24) is 0 Å². The van der Waals surface area contributed by atoms with Crippen LogP contribution in [-0.4, -0.2) is 17.7 Å². The van der Waals surface area contributed by atoms with Crippen LogP contribution < -0.4 is 4.74 Å². The van der Waals surface area contributed by atoms with Crippen LogP contribution in [-0.2, 0) is 10.5 Å². The van der Waals surface area contributed by atoms with Crippen molar-refractivity contribution in [2.45, 2.75) is 5.75 Å². The van der Waals surface area contributed by atoms with Crippen LogP contribution in [0.4, 0.5) is 0 Å². The smallest absolute Gasteiger partial charge is 0.341 e. The molecule has 1 N–H and O–H groups in total. The fourth-order valence-electron chi connectivity index (χ4n) is 0.836. The summed E-state index contributed by atoms with van der Waals surface area (Å²) in [4.78, 5) is 10.2. The average Bonchev–Trinajstić information content (AvgIpc) is 2.15. The van der Waals surface area contributed by atoms with E-state index in [0.29, 0.717) is 11.5 Å². The Morgan fingerprint density at radius 1 is 1.38 bits per heavy atom. The topological polar surface area (TPSA) is 46.5 Å². The number of benzene rings is 1. The lowest BCUT2D eigenvalue weighted by atomic mass is 10.2. The number of hydrogen-bond acceptors (Lipinski definition) is 3. The highest BCUT2D eigenvalue weighted by Crippen LogP contribution is 2.12. The van der Waals surface area contributed by atoms with Gasteiger partial charge in [0, 0.05) is 5.75 Å². The molecule has 1 aromatic carbocycles. The van der Waals surface area contributed by atoms with Gasteiger partial charge in [-0.25, -0.2) is 4.79 Å². The molecule has 0 saturated heterocycles. The van der Waals surface area contributed by atoms with E-state index in [1.165, 1.54) is 0 Å². The number of carboxylic acid groups (broad SMARTS) is 1. The number of carbonyl (C=O) groups is 1. The Kier molecular flexibility index (Phi) is 3.64. The van der Waals surface area contributed by atoms with Gasteiger partial charge in [-0.1, -0.05) is 12.1 Å². The second-order valence-corrected chi connectivity index (χ2v) is 2.80. The van der Waals surface area contributed by atoms with E-state index in [1.807, 2.05) is 12.1 Å². The van der Waals surface area contributed by atoms with Crippen LogP contribution in [0.5, 0.6) is 5.75 Å². The number of ether oxygens (including phenoxy) is 1. The van der Waals surface area contributed by atoms with Crippen LogP contribution in [0.2, 0.25) is 0 Å². The molecular weight excluding hydrogens is 188 g/mol. The maximum Gasteiger partial charge on any atom is 0.341 e. The first-order chi connectivity index (χ1) is 6.22. The van der Waals surface area contributed by atoms with Crippen molar-refractivity contribution >= 4 is 18.6 Å². The van der Waals surface area contributed by atoms with Gasteiger partial charge < -0.3 is 9.84 Å². The van der Waals surface area contributed by atoms with Crippen molar-refractivity contribution in [3.05, 3.63) is 29.8 Å². The zero-order valence-corrected chi connectivity index (χ0v) is 7.83. The second-order valence-electron chi connectivity index (χ2n) is 2.48. The van der Waals surface area contributed by atoms with Gasteiger partial charge in [0.05, 0.1) is 0 Å². The van der Waals surface area contributed by atoms with Crippen molar-refractivity contribution in [2.24, 2.45) is 0 Å². The van der Waals surface area contributed by atoms with Crippen molar-refractivity contribution in [3.63, 3.8) is 0 Å². The molecule has 0 amide bonds. The van der Waals surface area contributed by atoms with E-state index in [9.17, 15) is 4.79 Å². The Balaban J connectivity index is 2.54. The molecule has 1 aromatic rings. The lowest BCUT2D eigenvalue weighted by molar-refractivity contribution is -0.139. The van der Waals surface area contributed by atoms with Crippen LogP contribution in [0, 0.1) is 0 Å². The minimum absolute atomic E-state index is 0.305. The molecule has 0 spiro atoms. The van der Waals surface area contributed by atoms with Gasteiger partial charge in [0.1, 0.15) is 5.75 Å². The first-order valence-corrected chi connectivity index (χ1v) is 4.40. The molecule has 4 heteroatoms. The summed E-state index contributed by atoms with van der Waals surface area (Å²) in [5.74, 6) is 0.255. The Hall–Kier alpha value is -1.16. The number of rotatable bonds is 4. The maximum absolute atomic E-state index is 10.2. The van der Waals surface area contributed by atoms with E-state index in [2.05, 4.69) is 12.6 Å². The summed E-state index contributed by atoms with van der Waals surface area (Å²) in [6, 6.07) is 7.16. The second kappa shape index (κ2) is 4.77. The van der Waals surface area contributed by atoms with Crippen molar-refractivity contribution in [3.8, 4) is 5.75 Å². The molecule has 0 heterocycles. The Morgan fingerprint density at radius 2 is 2.00 bits per heavy atom. The first-order valence-electron chi connectivity index (χ1n) is 3.77. The molecule has 0 aromatic heterocycles. The van der Waals surface area contributed by atoms with Crippen molar-refractivity contribution < 1.29 is 14.6 Å². The molecule has 0 bridgehead atoms. The molecule has 0 aliphatic rings. The molecular formula is C9H10O3S. The fraction of sp³-hybridized carbons (Fsp3) is 0.222. The number of thiol groups is 1. The molecule has 0 unspecified atom stereocenters. The van der Waals surface area contributed by atoms with Crippen molar-refractivity contribution in [2.75, 3.05) is 6.61 Å². The van der Waals surface area contributed by atoms with Crippen LogP contribution in [0.15, 0.2) is 24.3 Å². The molecule has 0 saturated carbocycles. The Bertz CT molecular complexity index is 281. The lowest BCUT2D eigenvalue weighted by Crippen LogP contribution is -2.09. The molecule has 0 aliphatic carbocycles. The quantitative estimate of drug-likeness (QED) is 0.722. The van der Waals surface area contributed by atoms with Gasteiger partial charge in [0.25, 0.3) is 0 Å². The molecule has 13 heavy (non-hydrogen) atoms. The number of carboxylic acids is 1. The Labute approximate surface area is 81.8 Å². The SMILES string of the molecule is O=C(O)COc1ccc(CS)cc1. The molecule has 3 nitrogen and oxygen atoms in total. The third-order valence-corrected chi connectivity index (χ3v) is 1.83. The average molecular weight is 198 g/mol. The van der Waals surface area contributed by atoms with Crippen LogP contribution >= 0.6 is 12.6 Å². The van der Waals surface area contributed by atoms with E-state index in [0.717, 1.165) is 5.56 Å². The summed E-state index contributed by atoms with van der Waals surface area (Å²) in [6.07, 6.45) is 0. The van der Waals surface area contributed by atoms with Crippen LogP contribution in [0.3, 0.4) is 0 Å². The highest BCUT2D eigenvalue weighted by atomic mass is 32.1. The minimum atomic E-state index is -0.974. The molecule has 0 atom stereocenters. The number of aliphatic carboxylic acids is 1. The van der Waals surface area contributed by atoms with E-state index >= 15 is 0 Å². The van der Waals surface area contributed by atoms with Gasteiger partial charge in [-0.3, -0.25) is 0 Å². The highest BCUT2D eigenvalue weighted by molar-refractivity contribution is 7.79. The normalized spacial score (nSPS) is 9.62. The maximum atomic E-state index is 10.2. The molecule has 70 valence electrons. The molecule has 0 fully saturated rings. The summed E-state index contributed by atoms with van der Waals surface area (Å²) in [6.45, 7) is -0.305. The summed E-state index contributed by atoms with van der Waals surface area (Å²) in [5.41, 5.74) is 1.08. The number of hydrogen-bond donors (Lipinski definition) is 2. The van der Waals surface area contributed by atoms with Gasteiger partial charge in [0.2, 0.25) is 0 Å². The van der Waals surface area contributed by atoms with Crippen LogP contribution in [0.1, 0.15) is 5.56 Å². The summed E-state index contributed by atoms with van der Waals surface area (Å²) in [5, 5.41) is 8.34. The van der Waals surface area contributed by atoms with Gasteiger partial charge in [-0.15, -0.1) is 0 Å². The highest BCUT2D eigenvalue weighted by Gasteiger charge is 1.98. The van der Waals surface area contributed by atoms with Crippen molar-refractivity contribution in [1.29, 1.82) is 0 Å². The molecule has 0 radical (unpaired) electrons. The minimum Gasteiger partial charge on any atom is -0.482 e. The van der Waals surface area contributed by atoms with Crippen LogP contribution in [0.25, 0.3) is 0 Å². The van der Waals surface area contributed by atoms with E-state index in [1.54, 1.807) is 12.1 Å². The van der Waals surface area contributed by atoms with Gasteiger partial charge >= 0.3 is 5.97 Å². The largest absolute Gasteiger partial charge is 0.482 e. The zero-order chi connectivity index (χ0) is 9.68. The van der Waals surface area contributed by atoms with Gasteiger partial charge in [-0.05, 0) is 17.7 Å². The van der Waals surface area contributed by atoms with Gasteiger partial charge in [-0.2, -0.15) is 12.6 Å². The lowest BCUT2D eigenvalue weighted by Gasteiger charge is -2.02. The van der Waals surface area contributed by atoms with E-state index < -0.39 is 5.97 Å². The summed E-state index contributed by atoms with van der Waals surface area (Å²) >= 11 is 4.09. The summed E-state index contributed by atoms with van der Waals surface area (Å²) < 4.78 is 4.94. The Morgan fingerprint density at radius 3 is 2.46 bits per heavy atom. The zero-order valence-electron chi connectivity index (χ0n) is 6.93.